The number of carbonyl (C=O) groups is 1. The van der Waals surface area contributed by atoms with Crippen LogP contribution in [0.25, 0.3) is 10.9 Å². The van der Waals surface area contributed by atoms with Crippen molar-refractivity contribution in [3.05, 3.63) is 40.1 Å². The standard InChI is InChI=1S/C17H22N4O4/c1-11-10-13(18-8-9-19-16(22)25-17(2,3)4)12-6-5-7-14(21(23)24)15(12)20-11/h5-7,10H,8-9H2,1-4H3,(H,18,20)(H,19,22). The second-order valence-corrected chi connectivity index (χ2v) is 6.60. The number of hydrogen-bond acceptors (Lipinski definition) is 6. The number of fused-ring (bicyclic) bond motifs is 1. The van der Waals surface area contributed by atoms with Crippen molar-refractivity contribution in [2.45, 2.75) is 33.3 Å². The number of ether oxygens (including phenoxy) is 1. The van der Waals surface area contributed by atoms with E-state index >= 15 is 0 Å². The van der Waals surface area contributed by atoms with Gasteiger partial charge in [-0.2, -0.15) is 0 Å². The number of rotatable bonds is 5. The van der Waals surface area contributed by atoms with E-state index in [1.54, 1.807) is 39.8 Å². The van der Waals surface area contributed by atoms with Gasteiger partial charge in [-0.15, -0.1) is 0 Å². The molecule has 0 bridgehead atoms. The summed E-state index contributed by atoms with van der Waals surface area (Å²) in [5.74, 6) is 0. The van der Waals surface area contributed by atoms with Gasteiger partial charge in [-0.3, -0.25) is 10.1 Å². The van der Waals surface area contributed by atoms with Gasteiger partial charge in [0.15, 0.2) is 5.52 Å². The van der Waals surface area contributed by atoms with Crippen molar-refractivity contribution in [3.8, 4) is 0 Å². The van der Waals surface area contributed by atoms with Crippen molar-refractivity contribution < 1.29 is 14.5 Å². The molecule has 0 aliphatic heterocycles. The topological polar surface area (TPSA) is 106 Å². The Morgan fingerprint density at radius 2 is 2.04 bits per heavy atom. The number of non-ortho nitro benzene ring substituents is 1. The van der Waals surface area contributed by atoms with Gasteiger partial charge in [0.25, 0.3) is 5.69 Å². The van der Waals surface area contributed by atoms with Gasteiger partial charge in [0.05, 0.1) is 4.92 Å². The Morgan fingerprint density at radius 1 is 1.32 bits per heavy atom. The van der Waals surface area contributed by atoms with Crippen molar-refractivity contribution in [3.63, 3.8) is 0 Å². The van der Waals surface area contributed by atoms with Crippen LogP contribution in [-0.4, -0.2) is 34.7 Å². The summed E-state index contributed by atoms with van der Waals surface area (Å²) in [5, 5.41) is 17.7. The lowest BCUT2D eigenvalue weighted by Crippen LogP contribution is -2.35. The second kappa shape index (κ2) is 7.33. The van der Waals surface area contributed by atoms with Crippen LogP contribution in [0.2, 0.25) is 0 Å². The number of para-hydroxylation sites is 1. The molecule has 2 N–H and O–H groups in total. The van der Waals surface area contributed by atoms with E-state index < -0.39 is 16.6 Å². The van der Waals surface area contributed by atoms with Crippen LogP contribution in [0, 0.1) is 17.0 Å². The molecule has 0 atom stereocenters. The summed E-state index contributed by atoms with van der Waals surface area (Å²) in [6, 6.07) is 6.65. The molecule has 1 aromatic heterocycles. The number of nitrogens with zero attached hydrogens (tertiary/aromatic N) is 2. The lowest BCUT2D eigenvalue weighted by molar-refractivity contribution is -0.383. The van der Waals surface area contributed by atoms with E-state index in [-0.39, 0.29) is 5.69 Å². The van der Waals surface area contributed by atoms with Crippen LogP contribution in [-0.2, 0) is 4.74 Å². The SMILES string of the molecule is Cc1cc(NCCNC(=O)OC(C)(C)C)c2cccc([N+](=O)[O-])c2n1. The molecule has 0 aliphatic rings. The minimum atomic E-state index is -0.547. The molecule has 0 radical (unpaired) electrons. The number of nitro benzene ring substituents is 1. The molecule has 0 unspecified atom stereocenters. The number of amides is 1. The van der Waals surface area contributed by atoms with E-state index in [1.807, 2.05) is 6.07 Å². The number of hydrogen-bond donors (Lipinski definition) is 2. The molecule has 1 aromatic carbocycles. The number of nitrogens with one attached hydrogen (secondary N) is 2. The largest absolute Gasteiger partial charge is 0.444 e. The van der Waals surface area contributed by atoms with Crippen LogP contribution >= 0.6 is 0 Å². The first-order valence-electron chi connectivity index (χ1n) is 7.93. The van der Waals surface area contributed by atoms with Crippen molar-refractivity contribution in [2.24, 2.45) is 0 Å². The Hall–Kier alpha value is -2.90. The maximum Gasteiger partial charge on any atom is 0.407 e. The monoisotopic (exact) mass is 346 g/mol. The zero-order valence-electron chi connectivity index (χ0n) is 14.8. The molecule has 134 valence electrons. The third-order valence-electron chi connectivity index (χ3n) is 3.25. The second-order valence-electron chi connectivity index (χ2n) is 6.60. The summed E-state index contributed by atoms with van der Waals surface area (Å²) in [5.41, 5.74) is 1.17. The molecule has 0 saturated heterocycles. The molecular weight excluding hydrogens is 324 g/mol. The molecule has 2 aromatic rings. The first-order chi connectivity index (χ1) is 11.7. The Balaban J connectivity index is 2.08. The molecule has 0 aliphatic carbocycles. The van der Waals surface area contributed by atoms with Crippen molar-refractivity contribution in [2.75, 3.05) is 18.4 Å². The maximum atomic E-state index is 11.6. The third kappa shape index (κ3) is 5.03. The summed E-state index contributed by atoms with van der Waals surface area (Å²) in [4.78, 5) is 26.6. The first kappa shape index (κ1) is 18.4. The summed E-state index contributed by atoms with van der Waals surface area (Å²) >= 11 is 0. The van der Waals surface area contributed by atoms with Crippen molar-refractivity contribution >= 4 is 28.4 Å². The fourth-order valence-electron chi connectivity index (χ4n) is 2.33. The molecule has 0 spiro atoms. The molecule has 1 amide bonds. The molecule has 2 rings (SSSR count). The van der Waals surface area contributed by atoms with E-state index in [0.717, 1.165) is 5.69 Å². The number of nitro groups is 1. The molecular formula is C17H22N4O4. The molecule has 8 heteroatoms. The van der Waals surface area contributed by atoms with Gasteiger partial charge in [-0.05, 0) is 33.8 Å². The van der Waals surface area contributed by atoms with Crippen LogP contribution in [0.3, 0.4) is 0 Å². The van der Waals surface area contributed by atoms with Crippen molar-refractivity contribution in [1.82, 2.24) is 10.3 Å². The lowest BCUT2D eigenvalue weighted by atomic mass is 10.1. The Kier molecular flexibility index (Phi) is 5.41. The van der Waals surface area contributed by atoms with Gasteiger partial charge >= 0.3 is 6.09 Å². The van der Waals surface area contributed by atoms with E-state index in [9.17, 15) is 14.9 Å². The predicted molar refractivity (Wildman–Crippen MR) is 95.9 cm³/mol. The maximum absolute atomic E-state index is 11.6. The summed E-state index contributed by atoms with van der Waals surface area (Å²) in [6.07, 6.45) is -0.485. The highest BCUT2D eigenvalue weighted by molar-refractivity contribution is 5.96. The molecule has 1 heterocycles. The van der Waals surface area contributed by atoms with E-state index in [4.69, 9.17) is 4.74 Å². The van der Waals surface area contributed by atoms with Crippen molar-refractivity contribution in [1.29, 1.82) is 0 Å². The highest BCUT2D eigenvalue weighted by Crippen LogP contribution is 2.29. The normalized spacial score (nSPS) is 11.2. The van der Waals surface area contributed by atoms with Gasteiger partial charge < -0.3 is 15.4 Å². The van der Waals surface area contributed by atoms with Gasteiger partial charge in [-0.25, -0.2) is 9.78 Å². The van der Waals surface area contributed by atoms with E-state index in [0.29, 0.717) is 29.7 Å². The highest BCUT2D eigenvalue weighted by Gasteiger charge is 2.17. The first-order valence-corrected chi connectivity index (χ1v) is 7.93. The smallest absolute Gasteiger partial charge is 0.407 e. The van der Waals surface area contributed by atoms with Crippen LogP contribution < -0.4 is 10.6 Å². The van der Waals surface area contributed by atoms with Gasteiger partial charge in [0, 0.05) is 35.9 Å². The number of alkyl carbamates (subject to hydrolysis) is 1. The third-order valence-corrected chi connectivity index (χ3v) is 3.25. The molecule has 25 heavy (non-hydrogen) atoms. The van der Waals surface area contributed by atoms with E-state index in [2.05, 4.69) is 15.6 Å². The molecule has 0 fully saturated rings. The Labute approximate surface area is 145 Å². The molecule has 8 nitrogen and oxygen atoms in total. The summed E-state index contributed by atoms with van der Waals surface area (Å²) in [7, 11) is 0. The van der Waals surface area contributed by atoms with Crippen LogP contribution in [0.5, 0.6) is 0 Å². The highest BCUT2D eigenvalue weighted by atomic mass is 16.6. The number of aryl methyl sites for hydroxylation is 1. The van der Waals surface area contributed by atoms with Gasteiger partial charge in [0.2, 0.25) is 0 Å². The predicted octanol–water partition coefficient (Wildman–Crippen LogP) is 3.39. The van der Waals surface area contributed by atoms with Gasteiger partial charge in [0.1, 0.15) is 5.60 Å². The Bertz CT molecular complexity index is 799. The van der Waals surface area contributed by atoms with Crippen LogP contribution in [0.15, 0.2) is 24.3 Å². The number of aromatic nitrogens is 1. The lowest BCUT2D eigenvalue weighted by Gasteiger charge is -2.19. The summed E-state index contributed by atoms with van der Waals surface area (Å²) < 4.78 is 5.16. The van der Waals surface area contributed by atoms with Crippen LogP contribution in [0.4, 0.5) is 16.2 Å². The average Bonchev–Trinajstić information content (AvgIpc) is 2.48. The minimum absolute atomic E-state index is 0.0314. The molecule has 0 saturated carbocycles. The number of benzene rings is 1. The zero-order valence-corrected chi connectivity index (χ0v) is 14.8. The van der Waals surface area contributed by atoms with Crippen LogP contribution in [0.1, 0.15) is 26.5 Å². The fraction of sp³-hybridized carbons (Fsp3) is 0.412. The zero-order chi connectivity index (χ0) is 18.6. The Morgan fingerprint density at radius 3 is 2.68 bits per heavy atom. The average molecular weight is 346 g/mol. The summed E-state index contributed by atoms with van der Waals surface area (Å²) in [6.45, 7) is 7.96. The quantitative estimate of drug-likeness (QED) is 0.488. The number of carbonyl (C=O) groups excluding carboxylic acids is 1. The van der Waals surface area contributed by atoms with E-state index in [1.165, 1.54) is 6.07 Å². The fourth-order valence-corrected chi connectivity index (χ4v) is 2.33. The number of pyridine rings is 1. The van der Waals surface area contributed by atoms with Gasteiger partial charge in [-0.1, -0.05) is 12.1 Å². The minimum Gasteiger partial charge on any atom is -0.444 e. The number of anilines is 1.